The maximum atomic E-state index is 12.7. The molecule has 0 aliphatic heterocycles. The topological polar surface area (TPSA) is 66.9 Å². The van der Waals surface area contributed by atoms with Gasteiger partial charge in [0.2, 0.25) is 0 Å². The van der Waals surface area contributed by atoms with Gasteiger partial charge in [0.05, 0.1) is 19.7 Å². The van der Waals surface area contributed by atoms with Gasteiger partial charge in [0.1, 0.15) is 22.8 Å². The normalized spacial score (nSPS) is 10.5. The number of hydrogen-bond donors (Lipinski definition) is 0. The Bertz CT molecular complexity index is 1190. The number of aromatic nitrogens is 1. The first-order valence-electron chi connectivity index (χ1n) is 9.24. The number of rotatable bonds is 6. The third-order valence-electron chi connectivity index (χ3n) is 4.49. The Kier molecular flexibility index (Phi) is 5.48. The number of benzene rings is 3. The molecular weight excluding hydrogens is 382 g/mol. The van der Waals surface area contributed by atoms with Crippen molar-refractivity contribution in [3.8, 4) is 28.7 Å². The molecule has 0 fully saturated rings. The number of para-hydroxylation sites is 2. The van der Waals surface area contributed by atoms with E-state index in [1.54, 1.807) is 87.1 Å². The Balaban J connectivity index is 1.70. The maximum absolute atomic E-state index is 12.7. The molecule has 1 heterocycles. The van der Waals surface area contributed by atoms with E-state index in [4.69, 9.17) is 18.9 Å². The quantitative estimate of drug-likeness (QED) is 0.324. The molecule has 0 radical (unpaired) electrons. The lowest BCUT2D eigenvalue weighted by molar-refractivity contribution is 0.0732. The summed E-state index contributed by atoms with van der Waals surface area (Å²) in [6.45, 7) is 0. The first-order valence-corrected chi connectivity index (χ1v) is 9.24. The number of carbonyl (C=O) groups is 1. The minimum absolute atomic E-state index is 0.312. The molecule has 0 bridgehead atoms. The summed E-state index contributed by atoms with van der Waals surface area (Å²) in [5.74, 6) is 1.99. The van der Waals surface area contributed by atoms with Crippen molar-refractivity contribution in [3.63, 3.8) is 0 Å². The summed E-state index contributed by atoms with van der Waals surface area (Å²) < 4.78 is 22.3. The largest absolute Gasteiger partial charge is 0.493 e. The highest BCUT2D eigenvalue weighted by Crippen LogP contribution is 2.37. The number of esters is 1. The van der Waals surface area contributed by atoms with Crippen LogP contribution in [0.25, 0.3) is 10.9 Å². The van der Waals surface area contributed by atoms with E-state index in [2.05, 4.69) is 4.98 Å². The van der Waals surface area contributed by atoms with Crippen LogP contribution in [0.1, 0.15) is 10.4 Å². The Morgan fingerprint density at radius 1 is 0.767 bits per heavy atom. The van der Waals surface area contributed by atoms with Gasteiger partial charge in [-0.05, 0) is 36.4 Å². The van der Waals surface area contributed by atoms with Gasteiger partial charge in [0.25, 0.3) is 0 Å². The molecular formula is C24H19NO5. The summed E-state index contributed by atoms with van der Waals surface area (Å²) >= 11 is 0. The van der Waals surface area contributed by atoms with E-state index in [1.165, 1.54) is 0 Å². The molecule has 0 amide bonds. The summed E-state index contributed by atoms with van der Waals surface area (Å²) in [5, 5.41) is 0.723. The van der Waals surface area contributed by atoms with E-state index in [1.807, 2.05) is 6.07 Å². The number of nitrogens with zero attached hydrogens (tertiary/aromatic N) is 1. The number of carbonyl (C=O) groups excluding carboxylic acids is 1. The first kappa shape index (κ1) is 19.3. The fourth-order valence-corrected chi connectivity index (χ4v) is 3.03. The number of ether oxygens (including phenoxy) is 4. The van der Waals surface area contributed by atoms with Crippen molar-refractivity contribution in [1.29, 1.82) is 0 Å². The highest BCUT2D eigenvalue weighted by molar-refractivity contribution is 5.94. The SMILES string of the molecule is COc1cc2nccc(Oc3ccccc3C(=O)Oc3ccccc3)c2cc1OC. The van der Waals surface area contributed by atoms with Gasteiger partial charge >= 0.3 is 5.97 Å². The molecule has 6 heteroatoms. The molecule has 0 spiro atoms. The smallest absolute Gasteiger partial charge is 0.347 e. The van der Waals surface area contributed by atoms with Crippen LogP contribution in [0.4, 0.5) is 0 Å². The van der Waals surface area contributed by atoms with Gasteiger partial charge in [-0.25, -0.2) is 4.79 Å². The van der Waals surface area contributed by atoms with E-state index in [-0.39, 0.29) is 0 Å². The zero-order valence-electron chi connectivity index (χ0n) is 16.5. The van der Waals surface area contributed by atoms with E-state index in [0.29, 0.717) is 39.8 Å². The molecule has 0 atom stereocenters. The van der Waals surface area contributed by atoms with Gasteiger partial charge in [0.15, 0.2) is 11.5 Å². The molecule has 0 aliphatic carbocycles. The Morgan fingerprint density at radius 2 is 1.47 bits per heavy atom. The maximum Gasteiger partial charge on any atom is 0.347 e. The summed E-state index contributed by atoms with van der Waals surface area (Å²) in [6, 6.07) is 21.1. The molecule has 0 N–H and O–H groups in total. The monoisotopic (exact) mass is 401 g/mol. The highest BCUT2D eigenvalue weighted by atomic mass is 16.5. The van der Waals surface area contributed by atoms with Crippen molar-refractivity contribution in [2.75, 3.05) is 14.2 Å². The number of methoxy groups -OCH3 is 2. The molecule has 30 heavy (non-hydrogen) atoms. The zero-order chi connectivity index (χ0) is 20.9. The lowest BCUT2D eigenvalue weighted by atomic mass is 10.1. The summed E-state index contributed by atoms with van der Waals surface area (Å²) in [5.41, 5.74) is 0.987. The number of pyridine rings is 1. The molecule has 4 rings (SSSR count). The van der Waals surface area contributed by atoms with Gasteiger partial charge in [-0.2, -0.15) is 0 Å². The predicted molar refractivity (Wildman–Crippen MR) is 113 cm³/mol. The second kappa shape index (κ2) is 8.53. The van der Waals surface area contributed by atoms with Crippen LogP contribution in [0.3, 0.4) is 0 Å². The van der Waals surface area contributed by atoms with E-state index in [9.17, 15) is 4.79 Å². The lowest BCUT2D eigenvalue weighted by Crippen LogP contribution is -2.09. The highest BCUT2D eigenvalue weighted by Gasteiger charge is 2.17. The molecule has 3 aromatic carbocycles. The fraction of sp³-hybridized carbons (Fsp3) is 0.0833. The molecule has 0 saturated heterocycles. The first-order chi connectivity index (χ1) is 14.7. The molecule has 6 nitrogen and oxygen atoms in total. The van der Waals surface area contributed by atoms with Crippen molar-refractivity contribution in [1.82, 2.24) is 4.98 Å². The van der Waals surface area contributed by atoms with Crippen LogP contribution < -0.4 is 18.9 Å². The van der Waals surface area contributed by atoms with Crippen molar-refractivity contribution in [2.45, 2.75) is 0 Å². The summed E-state index contributed by atoms with van der Waals surface area (Å²) in [4.78, 5) is 17.1. The van der Waals surface area contributed by atoms with Gasteiger partial charge in [-0.15, -0.1) is 0 Å². The van der Waals surface area contributed by atoms with Crippen molar-refractivity contribution < 1.29 is 23.7 Å². The second-order valence-electron chi connectivity index (χ2n) is 6.33. The molecule has 0 unspecified atom stereocenters. The predicted octanol–water partition coefficient (Wildman–Crippen LogP) is 5.26. The van der Waals surface area contributed by atoms with Gasteiger partial charge in [-0.3, -0.25) is 4.98 Å². The lowest BCUT2D eigenvalue weighted by Gasteiger charge is -2.14. The summed E-state index contributed by atoms with van der Waals surface area (Å²) in [7, 11) is 3.13. The number of hydrogen-bond acceptors (Lipinski definition) is 6. The van der Waals surface area contributed by atoms with Gasteiger partial charge < -0.3 is 18.9 Å². The average molecular weight is 401 g/mol. The Morgan fingerprint density at radius 3 is 2.23 bits per heavy atom. The molecule has 150 valence electrons. The van der Waals surface area contributed by atoms with Crippen molar-refractivity contribution >= 4 is 16.9 Å². The van der Waals surface area contributed by atoms with Crippen molar-refractivity contribution in [3.05, 3.63) is 84.6 Å². The average Bonchev–Trinajstić information content (AvgIpc) is 2.79. The minimum Gasteiger partial charge on any atom is -0.493 e. The third-order valence-corrected chi connectivity index (χ3v) is 4.49. The van der Waals surface area contributed by atoms with E-state index in [0.717, 1.165) is 5.39 Å². The molecule has 0 saturated carbocycles. The van der Waals surface area contributed by atoms with Crippen LogP contribution in [0.5, 0.6) is 28.7 Å². The van der Waals surface area contributed by atoms with Gasteiger partial charge in [0, 0.05) is 17.6 Å². The van der Waals surface area contributed by atoms with Crippen LogP contribution in [0.2, 0.25) is 0 Å². The van der Waals surface area contributed by atoms with Gasteiger partial charge in [-0.1, -0.05) is 30.3 Å². The Hall–Kier alpha value is -4.06. The fourth-order valence-electron chi connectivity index (χ4n) is 3.03. The molecule has 4 aromatic rings. The van der Waals surface area contributed by atoms with Crippen LogP contribution in [-0.2, 0) is 0 Å². The van der Waals surface area contributed by atoms with E-state index >= 15 is 0 Å². The summed E-state index contributed by atoms with van der Waals surface area (Å²) in [6.07, 6.45) is 1.63. The second-order valence-corrected chi connectivity index (χ2v) is 6.33. The van der Waals surface area contributed by atoms with Crippen LogP contribution >= 0.6 is 0 Å². The zero-order valence-corrected chi connectivity index (χ0v) is 16.5. The van der Waals surface area contributed by atoms with E-state index < -0.39 is 5.97 Å². The third kappa shape index (κ3) is 3.89. The minimum atomic E-state index is -0.505. The van der Waals surface area contributed by atoms with Crippen LogP contribution in [0.15, 0.2) is 79.0 Å². The molecule has 0 aliphatic rings. The van der Waals surface area contributed by atoms with Crippen molar-refractivity contribution in [2.24, 2.45) is 0 Å². The molecule has 1 aromatic heterocycles. The Labute approximate surface area is 173 Å². The van der Waals surface area contributed by atoms with Crippen LogP contribution in [-0.4, -0.2) is 25.2 Å². The number of fused-ring (bicyclic) bond motifs is 1. The van der Waals surface area contributed by atoms with Crippen LogP contribution in [0, 0.1) is 0 Å². The standard InChI is InChI=1S/C24H19NO5/c1-27-22-14-18-19(15-23(22)28-2)25-13-12-21(18)30-20-11-7-6-10-17(20)24(26)29-16-8-4-3-5-9-16/h3-15H,1-2H3.